The van der Waals surface area contributed by atoms with Crippen LogP contribution < -0.4 is 0 Å². The first-order chi connectivity index (χ1) is 3.50. The van der Waals surface area contributed by atoms with Crippen molar-refractivity contribution in [1.29, 1.82) is 0 Å². The molecule has 0 atom stereocenters. The lowest BCUT2D eigenvalue weighted by atomic mass is 11.0. The molecule has 0 amide bonds. The molecule has 0 aromatic rings. The van der Waals surface area contributed by atoms with Gasteiger partial charge in [-0.15, -0.1) is 0 Å². The zero-order chi connectivity index (χ0) is 6.78. The van der Waals surface area contributed by atoms with Crippen LogP contribution in [0, 0.1) is 0 Å². The fraction of sp³-hybridized carbons (Fsp3) is 1.00. The zero-order valence-corrected chi connectivity index (χ0v) is 8.25. The third-order valence-electron chi connectivity index (χ3n) is 0.674. The van der Waals surface area contributed by atoms with Crippen molar-refractivity contribution in [2.45, 2.75) is 9.99 Å². The Kier molecular flexibility index (Phi) is 3.53. The van der Waals surface area contributed by atoms with Crippen LogP contribution in [-0.4, -0.2) is 17.2 Å². The van der Waals surface area contributed by atoms with E-state index in [1.54, 1.807) is 6.92 Å². The van der Waals surface area contributed by atoms with Gasteiger partial charge in [0.2, 0.25) is 0 Å². The Balaban J connectivity index is 4.17. The second-order valence-corrected chi connectivity index (χ2v) is 7.86. The molecule has 0 unspecified atom stereocenters. The molecule has 0 radical (unpaired) electrons. The number of hydrogen-bond donors (Lipinski definition) is 0. The van der Waals surface area contributed by atoms with Gasteiger partial charge in [-0.25, -0.2) is 8.42 Å². The Labute approximate surface area is 65.8 Å². The number of halogens is 2. The van der Waals surface area contributed by atoms with Gasteiger partial charge in [0.1, 0.15) is 0 Å². The Morgan fingerprint density at radius 1 is 1.50 bits per heavy atom. The summed E-state index contributed by atoms with van der Waals surface area (Å²) in [6.07, 6.45) is 0. The Morgan fingerprint density at radius 3 is 1.88 bits per heavy atom. The zero-order valence-electron chi connectivity index (χ0n) is 4.27. The minimum absolute atomic E-state index is 0.161. The average molecular weight is 266 g/mol. The van der Waals surface area contributed by atoms with Crippen LogP contribution in [0.3, 0.4) is 0 Å². The van der Waals surface area contributed by atoms with Crippen molar-refractivity contribution in [3.05, 3.63) is 0 Å². The SMILES string of the molecule is CCS(=O)(=O)C(Br)Br. The Morgan fingerprint density at radius 2 is 1.88 bits per heavy atom. The van der Waals surface area contributed by atoms with E-state index in [0.717, 1.165) is 0 Å². The molecule has 0 bridgehead atoms. The van der Waals surface area contributed by atoms with Crippen LogP contribution in [0.4, 0.5) is 0 Å². The molecule has 2 nitrogen and oxygen atoms in total. The molecule has 0 heterocycles. The highest BCUT2D eigenvalue weighted by Gasteiger charge is 2.15. The summed E-state index contributed by atoms with van der Waals surface area (Å²) in [4.78, 5) is 0. The van der Waals surface area contributed by atoms with Crippen LogP contribution in [-0.2, 0) is 9.84 Å². The molecule has 0 aliphatic rings. The minimum atomic E-state index is -2.90. The molecule has 0 aromatic heterocycles. The van der Waals surface area contributed by atoms with Gasteiger partial charge >= 0.3 is 0 Å². The summed E-state index contributed by atoms with van der Waals surface area (Å²) < 4.78 is 20.6. The topological polar surface area (TPSA) is 34.1 Å². The molecule has 0 fully saturated rings. The third-order valence-corrected chi connectivity index (χ3v) is 5.44. The average Bonchev–Trinajstić information content (AvgIpc) is 1.67. The van der Waals surface area contributed by atoms with Crippen LogP contribution >= 0.6 is 31.9 Å². The molecule has 8 heavy (non-hydrogen) atoms. The summed E-state index contributed by atoms with van der Waals surface area (Å²) in [5, 5.41) is 0. The molecule has 0 aliphatic heterocycles. The summed E-state index contributed by atoms with van der Waals surface area (Å²) in [5.74, 6) is 0.161. The van der Waals surface area contributed by atoms with Crippen LogP contribution in [0.25, 0.3) is 0 Å². The molecule has 0 aliphatic carbocycles. The van der Waals surface area contributed by atoms with E-state index >= 15 is 0 Å². The highest BCUT2D eigenvalue weighted by molar-refractivity contribution is 9.27. The van der Waals surface area contributed by atoms with Crippen molar-refractivity contribution >= 4 is 41.7 Å². The first-order valence-electron chi connectivity index (χ1n) is 2.00. The first-order valence-corrected chi connectivity index (χ1v) is 5.55. The summed E-state index contributed by atoms with van der Waals surface area (Å²) in [5.41, 5.74) is 0. The normalized spacial score (nSPS) is 12.5. The van der Waals surface area contributed by atoms with E-state index < -0.39 is 12.9 Å². The summed E-state index contributed by atoms with van der Waals surface area (Å²) in [7, 11) is -2.90. The van der Waals surface area contributed by atoms with E-state index in [4.69, 9.17) is 0 Å². The highest BCUT2D eigenvalue weighted by atomic mass is 79.9. The third kappa shape index (κ3) is 2.46. The molecule has 50 valence electrons. The van der Waals surface area contributed by atoms with Gasteiger partial charge in [-0.05, 0) is 0 Å². The lowest BCUT2D eigenvalue weighted by Gasteiger charge is -1.97. The van der Waals surface area contributed by atoms with Gasteiger partial charge in [-0.1, -0.05) is 38.8 Å². The van der Waals surface area contributed by atoms with E-state index in [1.165, 1.54) is 0 Å². The predicted octanol–water partition coefficient (Wildman–Crippen LogP) is 1.49. The number of alkyl halides is 2. The van der Waals surface area contributed by atoms with Crippen molar-refractivity contribution in [2.24, 2.45) is 0 Å². The smallest absolute Gasteiger partial charge is 0.172 e. The fourth-order valence-electron chi connectivity index (χ4n) is 0.126. The van der Waals surface area contributed by atoms with E-state index in [9.17, 15) is 8.42 Å². The highest BCUT2D eigenvalue weighted by Crippen LogP contribution is 2.15. The van der Waals surface area contributed by atoms with Gasteiger partial charge in [0.25, 0.3) is 0 Å². The number of hydrogen-bond acceptors (Lipinski definition) is 2. The second kappa shape index (κ2) is 3.17. The van der Waals surface area contributed by atoms with Gasteiger partial charge in [0, 0.05) is 5.75 Å². The maximum Gasteiger partial charge on any atom is 0.172 e. The maximum absolute atomic E-state index is 10.6. The molecule has 0 N–H and O–H groups in total. The van der Waals surface area contributed by atoms with E-state index in [0.29, 0.717) is 0 Å². The van der Waals surface area contributed by atoms with Gasteiger partial charge < -0.3 is 0 Å². The molecular weight excluding hydrogens is 260 g/mol. The maximum atomic E-state index is 10.6. The lowest BCUT2D eigenvalue weighted by Crippen LogP contribution is -2.09. The Hall–Kier alpha value is 0.910. The van der Waals surface area contributed by atoms with Gasteiger partial charge in [-0.3, -0.25) is 0 Å². The van der Waals surface area contributed by atoms with Gasteiger partial charge in [0.15, 0.2) is 12.9 Å². The molecular formula is C3H6Br2O2S. The Bertz CT molecular complexity index is 149. The standard InChI is InChI=1S/C3H6Br2O2S/c1-2-8(6,7)3(4)5/h3H,2H2,1H3. The second-order valence-electron chi connectivity index (χ2n) is 1.21. The number of rotatable bonds is 2. The summed E-state index contributed by atoms with van der Waals surface area (Å²) in [6.45, 7) is 1.60. The van der Waals surface area contributed by atoms with E-state index in [-0.39, 0.29) is 5.75 Å². The van der Waals surface area contributed by atoms with Crippen molar-refractivity contribution in [2.75, 3.05) is 5.75 Å². The molecule has 0 rings (SSSR count). The quantitative estimate of drug-likeness (QED) is 0.709. The lowest BCUT2D eigenvalue weighted by molar-refractivity contribution is 0.601. The summed E-state index contributed by atoms with van der Waals surface area (Å²) >= 11 is 5.77. The van der Waals surface area contributed by atoms with Crippen molar-refractivity contribution < 1.29 is 8.42 Å². The largest absolute Gasteiger partial charge is 0.227 e. The van der Waals surface area contributed by atoms with Crippen molar-refractivity contribution in [1.82, 2.24) is 0 Å². The molecule has 0 saturated heterocycles. The van der Waals surface area contributed by atoms with Crippen LogP contribution in [0.5, 0.6) is 0 Å². The van der Waals surface area contributed by atoms with Crippen LogP contribution in [0.1, 0.15) is 6.92 Å². The van der Waals surface area contributed by atoms with Crippen LogP contribution in [0.2, 0.25) is 0 Å². The summed E-state index contributed by atoms with van der Waals surface area (Å²) in [6, 6.07) is 0. The van der Waals surface area contributed by atoms with E-state index in [1.807, 2.05) is 0 Å². The fourth-order valence-corrected chi connectivity index (χ4v) is 1.96. The monoisotopic (exact) mass is 264 g/mol. The minimum Gasteiger partial charge on any atom is -0.227 e. The van der Waals surface area contributed by atoms with Gasteiger partial charge in [0.05, 0.1) is 0 Å². The van der Waals surface area contributed by atoms with Gasteiger partial charge in [-0.2, -0.15) is 0 Å². The molecule has 0 saturated carbocycles. The molecule has 0 aromatic carbocycles. The predicted molar refractivity (Wildman–Crippen MR) is 41.1 cm³/mol. The van der Waals surface area contributed by atoms with E-state index in [2.05, 4.69) is 31.9 Å². The first kappa shape index (κ1) is 8.91. The molecule has 0 spiro atoms. The van der Waals surface area contributed by atoms with Crippen LogP contribution in [0.15, 0.2) is 0 Å². The number of sulfone groups is 1. The van der Waals surface area contributed by atoms with Crippen molar-refractivity contribution in [3.63, 3.8) is 0 Å². The molecule has 5 heteroatoms. The van der Waals surface area contributed by atoms with Crippen molar-refractivity contribution in [3.8, 4) is 0 Å².